The number of benzene rings is 1. The number of nitrogens with zero attached hydrogens (tertiary/aromatic N) is 1. The molecule has 0 unspecified atom stereocenters. The van der Waals surface area contributed by atoms with E-state index in [1.54, 1.807) is 0 Å². The Morgan fingerprint density at radius 2 is 2.14 bits per heavy atom. The quantitative estimate of drug-likeness (QED) is 0.763. The van der Waals surface area contributed by atoms with E-state index in [9.17, 15) is 0 Å². The van der Waals surface area contributed by atoms with E-state index < -0.39 is 0 Å². The molecule has 0 aromatic heterocycles. The maximum atomic E-state index is 3.53. The van der Waals surface area contributed by atoms with Gasteiger partial charge in [-0.2, -0.15) is 0 Å². The molecule has 1 fully saturated rings. The largest absolute Gasteiger partial charge is 0.371 e. The predicted octanol–water partition coefficient (Wildman–Crippen LogP) is 3.94. The first-order valence-electron chi connectivity index (χ1n) is 4.79. The molecule has 0 N–H and O–H groups in total. The normalized spacial score (nSPS) is 15.6. The standard InChI is InChI=1S/C11H13Br2N/c1-14(10-4-5-10)11-6-9(13)3-2-8(11)7-12/h2-3,6,10H,4-5,7H2,1H3. The lowest BCUT2D eigenvalue weighted by Crippen LogP contribution is -2.20. The van der Waals surface area contributed by atoms with E-state index >= 15 is 0 Å². The van der Waals surface area contributed by atoms with Crippen molar-refractivity contribution in [1.82, 2.24) is 0 Å². The molecule has 0 aliphatic heterocycles. The van der Waals surface area contributed by atoms with Gasteiger partial charge >= 0.3 is 0 Å². The minimum Gasteiger partial charge on any atom is -0.371 e. The lowest BCUT2D eigenvalue weighted by Gasteiger charge is -2.21. The molecule has 1 aliphatic carbocycles. The van der Waals surface area contributed by atoms with Crippen LogP contribution in [0.4, 0.5) is 5.69 Å². The van der Waals surface area contributed by atoms with Crippen molar-refractivity contribution in [3.05, 3.63) is 28.2 Å². The number of anilines is 1. The molecule has 0 spiro atoms. The summed E-state index contributed by atoms with van der Waals surface area (Å²) in [6, 6.07) is 7.24. The number of rotatable bonds is 3. The fraction of sp³-hybridized carbons (Fsp3) is 0.455. The fourth-order valence-corrected chi connectivity index (χ4v) is 2.46. The fourth-order valence-electron chi connectivity index (χ4n) is 1.64. The molecule has 1 aliphatic rings. The van der Waals surface area contributed by atoms with Gasteiger partial charge < -0.3 is 4.90 Å². The predicted molar refractivity (Wildman–Crippen MR) is 68.2 cm³/mol. The Morgan fingerprint density at radius 3 is 2.71 bits per heavy atom. The van der Waals surface area contributed by atoms with Crippen molar-refractivity contribution in [1.29, 1.82) is 0 Å². The van der Waals surface area contributed by atoms with E-state index in [2.05, 4.69) is 62.0 Å². The molecule has 0 atom stereocenters. The van der Waals surface area contributed by atoms with E-state index in [0.717, 1.165) is 15.8 Å². The summed E-state index contributed by atoms with van der Waals surface area (Å²) in [4.78, 5) is 2.39. The Morgan fingerprint density at radius 1 is 1.43 bits per heavy atom. The van der Waals surface area contributed by atoms with Gasteiger partial charge in [0, 0.05) is 28.6 Å². The van der Waals surface area contributed by atoms with E-state index in [1.807, 2.05) is 0 Å². The number of hydrogen-bond acceptors (Lipinski definition) is 1. The van der Waals surface area contributed by atoms with Crippen LogP contribution in [0.3, 0.4) is 0 Å². The van der Waals surface area contributed by atoms with Crippen molar-refractivity contribution in [2.75, 3.05) is 11.9 Å². The Bertz CT molecular complexity index is 334. The van der Waals surface area contributed by atoms with Crippen LogP contribution in [0.1, 0.15) is 18.4 Å². The Balaban J connectivity index is 2.32. The van der Waals surface area contributed by atoms with E-state index in [-0.39, 0.29) is 0 Å². The van der Waals surface area contributed by atoms with E-state index in [4.69, 9.17) is 0 Å². The van der Waals surface area contributed by atoms with E-state index in [0.29, 0.717) is 0 Å². The molecule has 2 rings (SSSR count). The molecular formula is C11H13Br2N. The minimum absolute atomic E-state index is 0.766. The summed E-state index contributed by atoms with van der Waals surface area (Å²) in [7, 11) is 2.19. The molecule has 0 saturated heterocycles. The van der Waals surface area contributed by atoms with Crippen LogP contribution < -0.4 is 4.90 Å². The van der Waals surface area contributed by atoms with E-state index in [1.165, 1.54) is 24.1 Å². The van der Waals surface area contributed by atoms with Gasteiger partial charge in [-0.3, -0.25) is 0 Å². The minimum atomic E-state index is 0.766. The third-order valence-electron chi connectivity index (χ3n) is 2.67. The molecule has 76 valence electrons. The molecule has 0 radical (unpaired) electrons. The maximum Gasteiger partial charge on any atom is 0.0418 e. The second kappa shape index (κ2) is 4.23. The highest BCUT2D eigenvalue weighted by molar-refractivity contribution is 9.10. The summed E-state index contributed by atoms with van der Waals surface area (Å²) in [5.41, 5.74) is 2.71. The van der Waals surface area contributed by atoms with Crippen molar-refractivity contribution in [2.24, 2.45) is 0 Å². The molecular weight excluding hydrogens is 306 g/mol. The molecule has 0 bridgehead atoms. The molecule has 1 nitrogen and oxygen atoms in total. The Labute approximate surface area is 102 Å². The van der Waals surface area contributed by atoms with Gasteiger partial charge in [-0.15, -0.1) is 0 Å². The Kier molecular flexibility index (Phi) is 3.17. The number of hydrogen-bond donors (Lipinski definition) is 0. The maximum absolute atomic E-state index is 3.53. The summed E-state index contributed by atoms with van der Waals surface area (Å²) in [5, 5.41) is 0.923. The van der Waals surface area contributed by atoms with Crippen molar-refractivity contribution < 1.29 is 0 Å². The molecule has 0 heterocycles. The van der Waals surface area contributed by atoms with Crippen LogP contribution >= 0.6 is 31.9 Å². The van der Waals surface area contributed by atoms with Crippen LogP contribution in [-0.4, -0.2) is 13.1 Å². The smallest absolute Gasteiger partial charge is 0.0418 e. The monoisotopic (exact) mass is 317 g/mol. The lowest BCUT2D eigenvalue weighted by molar-refractivity contribution is 0.910. The zero-order valence-corrected chi connectivity index (χ0v) is 11.3. The first kappa shape index (κ1) is 10.5. The number of halogens is 2. The van der Waals surface area contributed by atoms with Gasteiger partial charge in [-0.25, -0.2) is 0 Å². The second-order valence-electron chi connectivity index (χ2n) is 3.75. The van der Waals surface area contributed by atoms with Crippen molar-refractivity contribution in [3.8, 4) is 0 Å². The van der Waals surface area contributed by atoms with Crippen molar-refractivity contribution >= 4 is 37.5 Å². The average Bonchev–Trinajstić information content (AvgIpc) is 3.00. The Hall–Kier alpha value is -0.0200. The van der Waals surface area contributed by atoms with Gasteiger partial charge in [0.25, 0.3) is 0 Å². The molecule has 14 heavy (non-hydrogen) atoms. The van der Waals surface area contributed by atoms with Crippen LogP contribution in [0.15, 0.2) is 22.7 Å². The highest BCUT2D eigenvalue weighted by Crippen LogP contribution is 2.34. The van der Waals surface area contributed by atoms with Gasteiger partial charge in [0.2, 0.25) is 0 Å². The first-order valence-corrected chi connectivity index (χ1v) is 6.71. The van der Waals surface area contributed by atoms with Crippen molar-refractivity contribution in [3.63, 3.8) is 0 Å². The van der Waals surface area contributed by atoms with Crippen LogP contribution in [0, 0.1) is 0 Å². The summed E-state index contributed by atoms with van der Waals surface area (Å²) in [6.07, 6.45) is 2.68. The van der Waals surface area contributed by atoms with Gasteiger partial charge in [0.15, 0.2) is 0 Å². The topological polar surface area (TPSA) is 3.24 Å². The molecule has 1 aromatic carbocycles. The zero-order chi connectivity index (χ0) is 10.1. The molecule has 1 aromatic rings. The second-order valence-corrected chi connectivity index (χ2v) is 5.23. The highest BCUT2D eigenvalue weighted by Gasteiger charge is 2.27. The van der Waals surface area contributed by atoms with Gasteiger partial charge in [-0.05, 0) is 30.5 Å². The summed E-state index contributed by atoms with van der Waals surface area (Å²) in [6.45, 7) is 0. The lowest BCUT2D eigenvalue weighted by atomic mass is 10.2. The van der Waals surface area contributed by atoms with Crippen molar-refractivity contribution in [2.45, 2.75) is 24.2 Å². The average molecular weight is 319 g/mol. The summed E-state index contributed by atoms with van der Waals surface area (Å²) >= 11 is 7.05. The van der Waals surface area contributed by atoms with Crippen LogP contribution in [0.5, 0.6) is 0 Å². The summed E-state index contributed by atoms with van der Waals surface area (Å²) in [5.74, 6) is 0. The van der Waals surface area contributed by atoms with Gasteiger partial charge in [0.1, 0.15) is 0 Å². The summed E-state index contributed by atoms with van der Waals surface area (Å²) < 4.78 is 1.16. The molecule has 0 amide bonds. The highest BCUT2D eigenvalue weighted by atomic mass is 79.9. The van der Waals surface area contributed by atoms with Crippen LogP contribution in [-0.2, 0) is 5.33 Å². The van der Waals surface area contributed by atoms with Crippen LogP contribution in [0.2, 0.25) is 0 Å². The van der Waals surface area contributed by atoms with Gasteiger partial charge in [-0.1, -0.05) is 37.9 Å². The third-order valence-corrected chi connectivity index (χ3v) is 3.76. The van der Waals surface area contributed by atoms with Gasteiger partial charge in [0.05, 0.1) is 0 Å². The first-order chi connectivity index (χ1) is 6.72. The molecule has 1 saturated carbocycles. The molecule has 3 heteroatoms. The zero-order valence-electron chi connectivity index (χ0n) is 8.13. The third kappa shape index (κ3) is 2.14. The SMILES string of the molecule is CN(c1cc(Br)ccc1CBr)C1CC1. The number of alkyl halides is 1. The van der Waals surface area contributed by atoms with Crippen LogP contribution in [0.25, 0.3) is 0 Å².